The standard InChI is InChI=1S/C30H37F5O2/c1-2-3-4-20-5-7-21(8-6-20)22-9-11-23(12-10-22)24-13-15-25(16-14-24)30(34,35)37-26-17-18-28(27(31)19-26)36-29(32)33/h13-23,29H,2-12H2,1H3/t20-,21-,22-,23-. The van der Waals surface area contributed by atoms with E-state index in [2.05, 4.69) is 11.7 Å². The number of hydrogen-bond acceptors (Lipinski definition) is 2. The molecule has 37 heavy (non-hydrogen) atoms. The Morgan fingerprint density at radius 3 is 2.05 bits per heavy atom. The van der Waals surface area contributed by atoms with Gasteiger partial charge in [0.1, 0.15) is 5.75 Å². The lowest BCUT2D eigenvalue weighted by atomic mass is 9.68. The molecule has 2 saturated carbocycles. The number of alkyl halides is 4. The van der Waals surface area contributed by atoms with E-state index in [4.69, 9.17) is 4.74 Å². The van der Waals surface area contributed by atoms with Crippen molar-refractivity contribution < 1.29 is 31.4 Å². The third kappa shape index (κ3) is 7.38. The first-order chi connectivity index (χ1) is 17.7. The second-order valence-corrected chi connectivity index (χ2v) is 10.7. The molecule has 0 amide bonds. The largest absolute Gasteiger partial charge is 0.432 e. The van der Waals surface area contributed by atoms with Gasteiger partial charge in [-0.25, -0.2) is 4.39 Å². The average molecular weight is 525 g/mol. The fourth-order valence-electron chi connectivity index (χ4n) is 6.26. The predicted octanol–water partition coefficient (Wildman–Crippen LogP) is 9.83. The molecule has 2 fully saturated rings. The van der Waals surface area contributed by atoms with Crippen LogP contribution >= 0.6 is 0 Å². The Morgan fingerprint density at radius 1 is 0.865 bits per heavy atom. The van der Waals surface area contributed by atoms with Gasteiger partial charge in [0.2, 0.25) is 0 Å². The smallest absolute Gasteiger partial charge is 0.426 e. The van der Waals surface area contributed by atoms with Gasteiger partial charge in [-0.1, -0.05) is 51.2 Å². The zero-order valence-corrected chi connectivity index (χ0v) is 21.4. The first-order valence-corrected chi connectivity index (χ1v) is 13.7. The Kier molecular flexibility index (Phi) is 9.36. The van der Waals surface area contributed by atoms with Crippen molar-refractivity contribution in [3.05, 3.63) is 59.4 Å². The number of rotatable bonds is 10. The van der Waals surface area contributed by atoms with Crippen LogP contribution in [0.15, 0.2) is 42.5 Å². The summed E-state index contributed by atoms with van der Waals surface area (Å²) >= 11 is 0. The highest BCUT2D eigenvalue weighted by Gasteiger charge is 2.36. The van der Waals surface area contributed by atoms with Crippen molar-refractivity contribution in [1.29, 1.82) is 0 Å². The minimum absolute atomic E-state index is 0.349. The van der Waals surface area contributed by atoms with Crippen LogP contribution in [0, 0.1) is 23.6 Å². The molecule has 2 aromatic carbocycles. The van der Waals surface area contributed by atoms with Crippen LogP contribution in [0.3, 0.4) is 0 Å². The SMILES string of the molecule is CCCC[C@H]1CC[C@H]([C@H]2CC[C@H](c3ccc(C(F)(F)Oc4ccc(OC(F)F)c(F)c4)cc3)CC2)CC1. The molecule has 0 radical (unpaired) electrons. The van der Waals surface area contributed by atoms with Crippen LogP contribution in [-0.2, 0) is 6.11 Å². The molecule has 2 aromatic rings. The monoisotopic (exact) mass is 524 g/mol. The molecule has 0 aliphatic heterocycles. The zero-order valence-electron chi connectivity index (χ0n) is 21.4. The van der Waals surface area contributed by atoms with E-state index < -0.39 is 30.0 Å². The Bertz CT molecular complexity index is 978. The van der Waals surface area contributed by atoms with E-state index in [1.807, 2.05) is 0 Å². The second kappa shape index (κ2) is 12.5. The van der Waals surface area contributed by atoms with Gasteiger partial charge in [-0.3, -0.25) is 0 Å². The van der Waals surface area contributed by atoms with E-state index in [0.29, 0.717) is 12.0 Å². The van der Waals surface area contributed by atoms with Crippen molar-refractivity contribution in [3.63, 3.8) is 0 Å². The van der Waals surface area contributed by atoms with Crippen LogP contribution in [0.25, 0.3) is 0 Å². The van der Waals surface area contributed by atoms with E-state index >= 15 is 0 Å². The van der Waals surface area contributed by atoms with Crippen molar-refractivity contribution in [3.8, 4) is 11.5 Å². The molecule has 0 N–H and O–H groups in total. The van der Waals surface area contributed by atoms with Gasteiger partial charge in [0.05, 0.1) is 5.56 Å². The minimum atomic E-state index is -3.70. The lowest BCUT2D eigenvalue weighted by Crippen LogP contribution is -2.25. The van der Waals surface area contributed by atoms with Gasteiger partial charge < -0.3 is 9.47 Å². The third-order valence-electron chi connectivity index (χ3n) is 8.38. The summed E-state index contributed by atoms with van der Waals surface area (Å²) in [5.41, 5.74) is 0.707. The number of halogens is 5. The maximum Gasteiger partial charge on any atom is 0.426 e. The Hall–Kier alpha value is -2.31. The molecule has 0 spiro atoms. The van der Waals surface area contributed by atoms with Gasteiger partial charge in [0, 0.05) is 6.07 Å². The quantitative estimate of drug-likeness (QED) is 0.288. The minimum Gasteiger partial charge on any atom is -0.432 e. The van der Waals surface area contributed by atoms with Crippen LogP contribution in [-0.4, -0.2) is 6.61 Å². The summed E-state index contributed by atoms with van der Waals surface area (Å²) in [6, 6.07) is 8.58. The molecule has 0 heterocycles. The van der Waals surface area contributed by atoms with Gasteiger partial charge in [0.15, 0.2) is 11.6 Å². The molecule has 7 heteroatoms. The number of hydrogen-bond donors (Lipinski definition) is 0. The first kappa shape index (κ1) is 27.7. The number of ether oxygens (including phenoxy) is 2. The number of benzene rings is 2. The van der Waals surface area contributed by atoms with Crippen LogP contribution in [0.1, 0.15) is 94.6 Å². The van der Waals surface area contributed by atoms with Crippen LogP contribution in [0.2, 0.25) is 0 Å². The Labute approximate surface area is 216 Å². The van der Waals surface area contributed by atoms with Gasteiger partial charge in [0.25, 0.3) is 0 Å². The van der Waals surface area contributed by atoms with Crippen molar-refractivity contribution >= 4 is 0 Å². The van der Waals surface area contributed by atoms with Crippen molar-refractivity contribution in [2.75, 3.05) is 0 Å². The summed E-state index contributed by atoms with van der Waals surface area (Å²) in [5, 5.41) is 0. The Balaban J connectivity index is 1.29. The summed E-state index contributed by atoms with van der Waals surface area (Å²) < 4.78 is 76.5. The van der Waals surface area contributed by atoms with Crippen molar-refractivity contribution in [2.45, 2.75) is 96.2 Å². The lowest BCUT2D eigenvalue weighted by Gasteiger charge is -2.38. The van der Waals surface area contributed by atoms with Crippen LogP contribution < -0.4 is 9.47 Å². The second-order valence-electron chi connectivity index (χ2n) is 10.7. The number of unbranched alkanes of at least 4 members (excludes halogenated alkanes) is 1. The molecule has 0 bridgehead atoms. The highest BCUT2D eigenvalue weighted by atomic mass is 19.3. The van der Waals surface area contributed by atoms with Crippen LogP contribution in [0.4, 0.5) is 22.0 Å². The lowest BCUT2D eigenvalue weighted by molar-refractivity contribution is -0.185. The molecule has 2 aliphatic carbocycles. The van der Waals surface area contributed by atoms with Gasteiger partial charge in [-0.05, 0) is 92.0 Å². The van der Waals surface area contributed by atoms with Gasteiger partial charge >= 0.3 is 12.7 Å². The molecule has 0 atom stereocenters. The van der Waals surface area contributed by atoms with Crippen LogP contribution in [0.5, 0.6) is 11.5 Å². The third-order valence-corrected chi connectivity index (χ3v) is 8.38. The van der Waals surface area contributed by atoms with Gasteiger partial charge in [-0.2, -0.15) is 17.6 Å². The average Bonchev–Trinajstić information content (AvgIpc) is 2.89. The fraction of sp³-hybridized carbons (Fsp3) is 0.600. The van der Waals surface area contributed by atoms with E-state index in [-0.39, 0.29) is 5.56 Å². The van der Waals surface area contributed by atoms with E-state index in [1.165, 1.54) is 69.9 Å². The fourth-order valence-corrected chi connectivity index (χ4v) is 6.26. The van der Waals surface area contributed by atoms with Gasteiger partial charge in [-0.15, -0.1) is 0 Å². The molecule has 2 nitrogen and oxygen atoms in total. The molecule has 2 aliphatic rings. The summed E-state index contributed by atoms with van der Waals surface area (Å²) in [7, 11) is 0. The molecule has 0 unspecified atom stereocenters. The maximum absolute atomic E-state index is 14.7. The summed E-state index contributed by atoms with van der Waals surface area (Å²) in [4.78, 5) is 0. The molecule has 0 saturated heterocycles. The highest BCUT2D eigenvalue weighted by molar-refractivity contribution is 5.34. The summed E-state index contributed by atoms with van der Waals surface area (Å²) in [5.74, 6) is 0.513. The Morgan fingerprint density at radius 2 is 1.49 bits per heavy atom. The zero-order chi connectivity index (χ0) is 26.4. The van der Waals surface area contributed by atoms with E-state index in [1.54, 1.807) is 12.1 Å². The molecule has 0 aromatic heterocycles. The topological polar surface area (TPSA) is 18.5 Å². The first-order valence-electron chi connectivity index (χ1n) is 13.7. The maximum atomic E-state index is 14.7. The van der Waals surface area contributed by atoms with E-state index in [9.17, 15) is 22.0 Å². The predicted molar refractivity (Wildman–Crippen MR) is 134 cm³/mol. The van der Waals surface area contributed by atoms with E-state index in [0.717, 1.165) is 48.3 Å². The molecular formula is C30H37F5O2. The van der Waals surface area contributed by atoms with Crippen molar-refractivity contribution in [2.24, 2.45) is 17.8 Å². The summed E-state index contributed by atoms with van der Waals surface area (Å²) in [6.45, 7) is -0.955. The summed E-state index contributed by atoms with van der Waals surface area (Å²) in [6.07, 6.45) is 10.4. The molecule has 204 valence electrons. The molecule has 4 rings (SSSR count). The highest BCUT2D eigenvalue weighted by Crippen LogP contribution is 2.45. The normalized spacial score (nSPS) is 24.7. The molecular weight excluding hydrogens is 487 g/mol. The van der Waals surface area contributed by atoms with Crippen molar-refractivity contribution in [1.82, 2.24) is 0 Å².